The van der Waals surface area contributed by atoms with E-state index in [9.17, 15) is 9.59 Å². The number of hydrogen-bond donors (Lipinski definition) is 3. The molecule has 2 aromatic rings. The van der Waals surface area contributed by atoms with Gasteiger partial charge in [0.2, 0.25) is 5.91 Å². The molecule has 0 aliphatic carbocycles. The molecule has 0 radical (unpaired) electrons. The van der Waals surface area contributed by atoms with Crippen molar-refractivity contribution in [3.63, 3.8) is 0 Å². The van der Waals surface area contributed by atoms with Gasteiger partial charge in [-0.25, -0.2) is 4.98 Å². The Hall–Kier alpha value is -2.93. The molecule has 0 atom stereocenters. The topological polar surface area (TPSA) is 92.4 Å². The highest BCUT2D eigenvalue weighted by Gasteiger charge is 2.07. The van der Waals surface area contributed by atoms with Gasteiger partial charge in [0.25, 0.3) is 5.91 Å². The zero-order chi connectivity index (χ0) is 17.4. The van der Waals surface area contributed by atoms with Crippen molar-refractivity contribution >= 4 is 29.0 Å². The fraction of sp³-hybridized carbons (Fsp3) is 0.235. The van der Waals surface area contributed by atoms with Crippen LogP contribution in [0.25, 0.3) is 0 Å². The minimum Gasteiger partial charge on any atom is -0.383 e. The Morgan fingerprint density at radius 3 is 2.50 bits per heavy atom. The molecule has 7 nitrogen and oxygen atoms in total. The summed E-state index contributed by atoms with van der Waals surface area (Å²) in [5.41, 5.74) is 1.65. The standard InChI is InChI=1S/C17H20N4O3/c1-12(22)20-14-4-3-5-15(10-14)21-17(23)13-6-7-16(19-11-13)18-8-9-24-2/h3-7,10-11H,8-9H2,1-2H3,(H,18,19)(H,20,22)(H,21,23). The molecule has 2 rings (SSSR count). The number of aromatic nitrogens is 1. The third-order valence-corrected chi connectivity index (χ3v) is 3.08. The number of rotatable bonds is 7. The lowest BCUT2D eigenvalue weighted by Crippen LogP contribution is -2.14. The first kappa shape index (κ1) is 17.4. The van der Waals surface area contributed by atoms with Gasteiger partial charge in [0.05, 0.1) is 12.2 Å². The molecule has 0 saturated carbocycles. The van der Waals surface area contributed by atoms with Crippen molar-refractivity contribution in [1.29, 1.82) is 0 Å². The average molecular weight is 328 g/mol. The number of methoxy groups -OCH3 is 1. The van der Waals surface area contributed by atoms with Crippen molar-refractivity contribution in [2.45, 2.75) is 6.92 Å². The van der Waals surface area contributed by atoms with E-state index < -0.39 is 0 Å². The average Bonchev–Trinajstić information content (AvgIpc) is 2.55. The van der Waals surface area contributed by atoms with Crippen molar-refractivity contribution < 1.29 is 14.3 Å². The fourth-order valence-corrected chi connectivity index (χ4v) is 2.00. The van der Waals surface area contributed by atoms with Crippen LogP contribution in [0.1, 0.15) is 17.3 Å². The molecule has 3 N–H and O–H groups in total. The molecule has 0 bridgehead atoms. The molecule has 2 amide bonds. The molecule has 7 heteroatoms. The van der Waals surface area contributed by atoms with Crippen molar-refractivity contribution in [2.75, 3.05) is 36.2 Å². The molecule has 1 aromatic carbocycles. The lowest BCUT2D eigenvalue weighted by molar-refractivity contribution is -0.114. The van der Waals surface area contributed by atoms with Gasteiger partial charge in [-0.2, -0.15) is 0 Å². The number of nitrogens with one attached hydrogen (secondary N) is 3. The number of carbonyl (C=O) groups excluding carboxylic acids is 2. The molecule has 0 aliphatic rings. The van der Waals surface area contributed by atoms with Gasteiger partial charge in [-0.05, 0) is 30.3 Å². The van der Waals surface area contributed by atoms with Crippen LogP contribution in [-0.4, -0.2) is 37.1 Å². The Kier molecular flexibility index (Phi) is 6.27. The molecule has 1 aromatic heterocycles. The van der Waals surface area contributed by atoms with Crippen LogP contribution in [-0.2, 0) is 9.53 Å². The Balaban J connectivity index is 1.98. The minimum atomic E-state index is -0.272. The Bertz CT molecular complexity index is 701. The number of anilines is 3. The summed E-state index contributed by atoms with van der Waals surface area (Å²) in [6.07, 6.45) is 1.50. The van der Waals surface area contributed by atoms with Crippen molar-refractivity contribution in [3.05, 3.63) is 48.2 Å². The Labute approximate surface area is 140 Å². The highest BCUT2D eigenvalue weighted by atomic mass is 16.5. The van der Waals surface area contributed by atoms with Gasteiger partial charge in [0, 0.05) is 38.1 Å². The van der Waals surface area contributed by atoms with Gasteiger partial charge in [-0.15, -0.1) is 0 Å². The Morgan fingerprint density at radius 2 is 1.88 bits per heavy atom. The number of ether oxygens (including phenoxy) is 1. The third-order valence-electron chi connectivity index (χ3n) is 3.08. The van der Waals surface area contributed by atoms with Gasteiger partial charge in [0.1, 0.15) is 5.82 Å². The quantitative estimate of drug-likeness (QED) is 0.679. The van der Waals surface area contributed by atoms with Gasteiger partial charge in [-0.3, -0.25) is 9.59 Å². The molecule has 0 saturated heterocycles. The van der Waals surface area contributed by atoms with Crippen LogP contribution in [0.4, 0.5) is 17.2 Å². The van der Waals surface area contributed by atoms with Gasteiger partial charge < -0.3 is 20.7 Å². The zero-order valence-corrected chi connectivity index (χ0v) is 13.6. The van der Waals surface area contributed by atoms with E-state index >= 15 is 0 Å². The predicted molar refractivity (Wildman–Crippen MR) is 93.3 cm³/mol. The van der Waals surface area contributed by atoms with Gasteiger partial charge >= 0.3 is 0 Å². The van der Waals surface area contributed by atoms with E-state index in [0.717, 1.165) is 0 Å². The van der Waals surface area contributed by atoms with Crippen LogP contribution in [0.5, 0.6) is 0 Å². The maximum atomic E-state index is 12.2. The number of carbonyl (C=O) groups is 2. The second-order valence-corrected chi connectivity index (χ2v) is 5.07. The number of hydrogen-bond acceptors (Lipinski definition) is 5. The lowest BCUT2D eigenvalue weighted by Gasteiger charge is -2.09. The maximum absolute atomic E-state index is 12.2. The number of pyridine rings is 1. The summed E-state index contributed by atoms with van der Waals surface area (Å²) in [6.45, 7) is 2.65. The minimum absolute atomic E-state index is 0.167. The monoisotopic (exact) mass is 328 g/mol. The first-order valence-corrected chi connectivity index (χ1v) is 7.46. The van der Waals surface area contributed by atoms with E-state index in [-0.39, 0.29) is 11.8 Å². The first-order valence-electron chi connectivity index (χ1n) is 7.46. The van der Waals surface area contributed by atoms with E-state index in [1.165, 1.54) is 13.1 Å². The maximum Gasteiger partial charge on any atom is 0.257 e. The number of amides is 2. The summed E-state index contributed by atoms with van der Waals surface area (Å²) in [5, 5.41) is 8.52. The van der Waals surface area contributed by atoms with Crippen LogP contribution in [0, 0.1) is 0 Å². The summed E-state index contributed by atoms with van der Waals surface area (Å²) in [5.74, 6) is 0.237. The van der Waals surface area contributed by atoms with Gasteiger partial charge in [0.15, 0.2) is 0 Å². The number of benzene rings is 1. The smallest absolute Gasteiger partial charge is 0.257 e. The third kappa shape index (κ3) is 5.36. The first-order chi connectivity index (χ1) is 11.6. The predicted octanol–water partition coefficient (Wildman–Crippen LogP) is 2.35. The molecule has 0 fully saturated rings. The van der Waals surface area contributed by atoms with Crippen molar-refractivity contribution in [1.82, 2.24) is 4.98 Å². The molecule has 1 heterocycles. The van der Waals surface area contributed by atoms with Crippen LogP contribution in [0.15, 0.2) is 42.6 Å². The largest absolute Gasteiger partial charge is 0.383 e. The van der Waals surface area contributed by atoms with E-state index in [0.29, 0.717) is 35.9 Å². The Morgan fingerprint density at radius 1 is 1.12 bits per heavy atom. The molecular weight excluding hydrogens is 308 g/mol. The second kappa shape index (κ2) is 8.64. The van der Waals surface area contributed by atoms with Crippen LogP contribution in [0.2, 0.25) is 0 Å². The summed E-state index contributed by atoms with van der Waals surface area (Å²) < 4.78 is 4.94. The number of nitrogens with zero attached hydrogens (tertiary/aromatic N) is 1. The summed E-state index contributed by atoms with van der Waals surface area (Å²) in [4.78, 5) is 27.5. The fourth-order valence-electron chi connectivity index (χ4n) is 2.00. The van der Waals surface area contributed by atoms with Crippen LogP contribution >= 0.6 is 0 Å². The summed E-state index contributed by atoms with van der Waals surface area (Å²) in [7, 11) is 1.63. The van der Waals surface area contributed by atoms with Crippen molar-refractivity contribution in [2.24, 2.45) is 0 Å². The van der Waals surface area contributed by atoms with Crippen molar-refractivity contribution in [3.8, 4) is 0 Å². The molecule has 0 aliphatic heterocycles. The molecule has 0 unspecified atom stereocenters. The van der Waals surface area contributed by atoms with E-state index in [2.05, 4.69) is 20.9 Å². The summed E-state index contributed by atoms with van der Waals surface area (Å²) >= 11 is 0. The molecule has 126 valence electrons. The zero-order valence-electron chi connectivity index (χ0n) is 13.6. The lowest BCUT2D eigenvalue weighted by atomic mass is 10.2. The normalized spacial score (nSPS) is 10.1. The van der Waals surface area contributed by atoms with E-state index in [1.54, 1.807) is 43.5 Å². The highest BCUT2D eigenvalue weighted by molar-refractivity contribution is 6.04. The molecule has 24 heavy (non-hydrogen) atoms. The SMILES string of the molecule is COCCNc1ccc(C(=O)Nc2cccc(NC(C)=O)c2)cn1. The second-order valence-electron chi connectivity index (χ2n) is 5.07. The molecular formula is C17H20N4O3. The van der Waals surface area contributed by atoms with Crippen LogP contribution < -0.4 is 16.0 Å². The van der Waals surface area contributed by atoms with E-state index in [4.69, 9.17) is 4.74 Å². The van der Waals surface area contributed by atoms with E-state index in [1.807, 2.05) is 0 Å². The molecule has 0 spiro atoms. The highest BCUT2D eigenvalue weighted by Crippen LogP contribution is 2.16. The summed E-state index contributed by atoms with van der Waals surface area (Å²) in [6, 6.07) is 10.4. The van der Waals surface area contributed by atoms with Crippen LogP contribution in [0.3, 0.4) is 0 Å². The van der Waals surface area contributed by atoms with Gasteiger partial charge in [-0.1, -0.05) is 6.07 Å².